The quantitative estimate of drug-likeness (QED) is 0.738. The Morgan fingerprint density at radius 1 is 1.07 bits per heavy atom. The molecule has 0 radical (unpaired) electrons. The summed E-state index contributed by atoms with van der Waals surface area (Å²) >= 11 is 0. The summed E-state index contributed by atoms with van der Waals surface area (Å²) in [7, 11) is 0. The molecule has 1 rings (SSSR count). The fraction of sp³-hybridized carbons (Fsp3) is 1.00. The normalized spacial score (nSPS) is 29.2. The first-order valence-electron chi connectivity index (χ1n) is 6.49. The Morgan fingerprint density at radius 2 is 1.67 bits per heavy atom. The van der Waals surface area contributed by atoms with Gasteiger partial charge in [-0.3, -0.25) is 0 Å². The summed E-state index contributed by atoms with van der Waals surface area (Å²) in [5, 5.41) is 0. The second kappa shape index (κ2) is 4.45. The standard InChI is InChI=1S/C14H29N/c1-13(2,3)14(4,5)12-8-6-7-11(9-12)10-15/h11-12H,6-10,15H2,1-5H3/t11?,12-/m0/s1. The Labute approximate surface area is 95.8 Å². The molecule has 1 saturated carbocycles. The summed E-state index contributed by atoms with van der Waals surface area (Å²) < 4.78 is 0. The molecule has 1 aliphatic carbocycles. The van der Waals surface area contributed by atoms with E-state index in [2.05, 4.69) is 34.6 Å². The third kappa shape index (κ3) is 2.75. The van der Waals surface area contributed by atoms with Crippen LogP contribution in [0.25, 0.3) is 0 Å². The molecule has 0 amide bonds. The SMILES string of the molecule is CC(C)(C)C(C)(C)[C@H]1CCCC(CN)C1. The van der Waals surface area contributed by atoms with Gasteiger partial charge in [0.05, 0.1) is 0 Å². The van der Waals surface area contributed by atoms with E-state index in [9.17, 15) is 0 Å². The smallest absolute Gasteiger partial charge is 0.00488 e. The molecule has 1 nitrogen and oxygen atoms in total. The van der Waals surface area contributed by atoms with E-state index in [1.165, 1.54) is 25.7 Å². The second-order valence-electron chi connectivity index (χ2n) is 6.94. The first kappa shape index (κ1) is 13.0. The number of nitrogens with two attached hydrogens (primary N) is 1. The van der Waals surface area contributed by atoms with E-state index >= 15 is 0 Å². The fourth-order valence-corrected chi connectivity index (χ4v) is 2.77. The summed E-state index contributed by atoms with van der Waals surface area (Å²) in [6, 6.07) is 0. The van der Waals surface area contributed by atoms with Crippen LogP contribution in [0.5, 0.6) is 0 Å². The molecule has 2 N–H and O–H groups in total. The fourth-order valence-electron chi connectivity index (χ4n) is 2.77. The molecule has 0 aromatic rings. The Morgan fingerprint density at radius 3 is 2.13 bits per heavy atom. The summed E-state index contributed by atoms with van der Waals surface area (Å²) in [6.07, 6.45) is 5.49. The Kier molecular flexibility index (Phi) is 3.86. The maximum absolute atomic E-state index is 5.82. The van der Waals surface area contributed by atoms with E-state index in [1.807, 2.05) is 0 Å². The predicted molar refractivity (Wildman–Crippen MR) is 67.7 cm³/mol. The van der Waals surface area contributed by atoms with E-state index in [0.29, 0.717) is 10.8 Å². The van der Waals surface area contributed by atoms with Gasteiger partial charge in [-0.25, -0.2) is 0 Å². The van der Waals surface area contributed by atoms with E-state index < -0.39 is 0 Å². The van der Waals surface area contributed by atoms with E-state index in [1.54, 1.807) is 0 Å². The first-order valence-corrected chi connectivity index (χ1v) is 6.49. The van der Waals surface area contributed by atoms with Crippen LogP contribution in [0, 0.1) is 22.7 Å². The first-order chi connectivity index (χ1) is 6.79. The molecule has 0 aromatic heterocycles. The molecular weight excluding hydrogens is 182 g/mol. The van der Waals surface area contributed by atoms with Gasteiger partial charge in [-0.15, -0.1) is 0 Å². The second-order valence-corrected chi connectivity index (χ2v) is 6.94. The van der Waals surface area contributed by atoms with Crippen molar-refractivity contribution in [3.05, 3.63) is 0 Å². The minimum absolute atomic E-state index is 0.397. The van der Waals surface area contributed by atoms with Crippen molar-refractivity contribution in [1.29, 1.82) is 0 Å². The van der Waals surface area contributed by atoms with Crippen LogP contribution in [-0.2, 0) is 0 Å². The van der Waals surface area contributed by atoms with E-state index in [4.69, 9.17) is 5.73 Å². The van der Waals surface area contributed by atoms with E-state index in [0.717, 1.165) is 18.4 Å². The highest BCUT2D eigenvalue weighted by Gasteiger charge is 2.41. The Bertz CT molecular complexity index is 200. The van der Waals surface area contributed by atoms with Gasteiger partial charge in [0.2, 0.25) is 0 Å². The third-order valence-corrected chi connectivity index (χ3v) is 5.07. The van der Waals surface area contributed by atoms with Gasteiger partial charge in [-0.1, -0.05) is 41.0 Å². The molecule has 2 atom stereocenters. The highest BCUT2D eigenvalue weighted by Crippen LogP contribution is 2.50. The molecular formula is C14H29N. The van der Waals surface area contributed by atoms with Gasteiger partial charge in [-0.05, 0) is 48.5 Å². The monoisotopic (exact) mass is 211 g/mol. The van der Waals surface area contributed by atoms with Gasteiger partial charge in [0.15, 0.2) is 0 Å². The summed E-state index contributed by atoms with van der Waals surface area (Å²) in [4.78, 5) is 0. The Hall–Kier alpha value is -0.0400. The van der Waals surface area contributed by atoms with Crippen molar-refractivity contribution in [2.75, 3.05) is 6.54 Å². The third-order valence-electron chi connectivity index (χ3n) is 5.07. The minimum atomic E-state index is 0.397. The molecule has 0 aromatic carbocycles. The van der Waals surface area contributed by atoms with Crippen LogP contribution < -0.4 is 5.73 Å². The molecule has 15 heavy (non-hydrogen) atoms. The van der Waals surface area contributed by atoms with Crippen molar-refractivity contribution in [2.24, 2.45) is 28.4 Å². The maximum atomic E-state index is 5.82. The average molecular weight is 211 g/mol. The Balaban J connectivity index is 2.70. The van der Waals surface area contributed by atoms with Gasteiger partial charge in [-0.2, -0.15) is 0 Å². The lowest BCUT2D eigenvalue weighted by atomic mass is 9.57. The summed E-state index contributed by atoms with van der Waals surface area (Å²) in [5.41, 5.74) is 6.65. The van der Waals surface area contributed by atoms with Gasteiger partial charge in [0, 0.05) is 0 Å². The van der Waals surface area contributed by atoms with Gasteiger partial charge in [0.1, 0.15) is 0 Å². The maximum Gasteiger partial charge on any atom is -0.00488 e. The van der Waals surface area contributed by atoms with Crippen LogP contribution >= 0.6 is 0 Å². The van der Waals surface area contributed by atoms with Crippen LogP contribution in [0.3, 0.4) is 0 Å². The van der Waals surface area contributed by atoms with Gasteiger partial charge < -0.3 is 5.73 Å². The molecule has 0 heterocycles. The van der Waals surface area contributed by atoms with Crippen LogP contribution in [0.15, 0.2) is 0 Å². The van der Waals surface area contributed by atoms with Crippen molar-refractivity contribution in [2.45, 2.75) is 60.3 Å². The average Bonchev–Trinajstić information content (AvgIpc) is 2.16. The molecule has 90 valence electrons. The van der Waals surface area contributed by atoms with Gasteiger partial charge in [0.25, 0.3) is 0 Å². The summed E-state index contributed by atoms with van der Waals surface area (Å²) in [5.74, 6) is 1.64. The van der Waals surface area contributed by atoms with Crippen LogP contribution in [-0.4, -0.2) is 6.54 Å². The largest absolute Gasteiger partial charge is 0.330 e. The van der Waals surface area contributed by atoms with Crippen LogP contribution in [0.4, 0.5) is 0 Å². The zero-order valence-electron chi connectivity index (χ0n) is 11.3. The molecule has 1 unspecified atom stereocenters. The molecule has 1 aliphatic rings. The predicted octanol–water partition coefficient (Wildman–Crippen LogP) is 3.82. The van der Waals surface area contributed by atoms with Crippen molar-refractivity contribution >= 4 is 0 Å². The number of rotatable bonds is 2. The molecule has 0 spiro atoms. The molecule has 1 fully saturated rings. The van der Waals surface area contributed by atoms with Crippen molar-refractivity contribution < 1.29 is 0 Å². The van der Waals surface area contributed by atoms with Gasteiger partial charge >= 0.3 is 0 Å². The van der Waals surface area contributed by atoms with E-state index in [-0.39, 0.29) is 0 Å². The number of hydrogen-bond acceptors (Lipinski definition) is 1. The van der Waals surface area contributed by atoms with Crippen LogP contribution in [0.1, 0.15) is 60.3 Å². The molecule has 0 aliphatic heterocycles. The van der Waals surface area contributed by atoms with Crippen LogP contribution in [0.2, 0.25) is 0 Å². The zero-order valence-corrected chi connectivity index (χ0v) is 11.3. The molecule has 0 bridgehead atoms. The highest BCUT2D eigenvalue weighted by molar-refractivity contribution is 4.91. The lowest BCUT2D eigenvalue weighted by Gasteiger charge is -2.48. The zero-order chi connectivity index (χ0) is 11.7. The minimum Gasteiger partial charge on any atom is -0.330 e. The van der Waals surface area contributed by atoms with Crippen molar-refractivity contribution in [3.8, 4) is 0 Å². The molecule has 0 saturated heterocycles. The summed E-state index contributed by atoms with van der Waals surface area (Å²) in [6.45, 7) is 12.9. The van der Waals surface area contributed by atoms with Crippen molar-refractivity contribution in [3.63, 3.8) is 0 Å². The highest BCUT2D eigenvalue weighted by atomic mass is 14.6. The lowest BCUT2D eigenvalue weighted by Crippen LogP contribution is -2.40. The topological polar surface area (TPSA) is 26.0 Å². The van der Waals surface area contributed by atoms with Crippen molar-refractivity contribution in [1.82, 2.24) is 0 Å². The molecule has 1 heteroatoms. The number of hydrogen-bond donors (Lipinski definition) is 1. The lowest BCUT2D eigenvalue weighted by molar-refractivity contribution is 0.0202.